The molecule has 0 aliphatic heterocycles. The van der Waals surface area contributed by atoms with E-state index in [0.717, 1.165) is 11.3 Å². The number of hydrogen-bond acceptors (Lipinski definition) is 4. The molecule has 0 fully saturated rings. The van der Waals surface area contributed by atoms with Crippen LogP contribution in [0.15, 0.2) is 48.5 Å². The zero-order chi connectivity index (χ0) is 17.8. The minimum absolute atomic E-state index is 0.223. The number of tetrazole rings is 1. The van der Waals surface area contributed by atoms with Gasteiger partial charge in [-0.25, -0.2) is 4.79 Å². The Morgan fingerprint density at radius 3 is 2.72 bits per heavy atom. The molecule has 0 saturated heterocycles. The number of halogens is 1. The van der Waals surface area contributed by atoms with Crippen LogP contribution >= 0.6 is 11.6 Å². The summed E-state index contributed by atoms with van der Waals surface area (Å²) in [6.07, 6.45) is 0. The first-order chi connectivity index (χ1) is 12.0. The molecule has 1 aromatic heterocycles. The van der Waals surface area contributed by atoms with Crippen molar-refractivity contribution in [3.05, 3.63) is 64.9 Å². The maximum absolute atomic E-state index is 12.3. The zero-order valence-corrected chi connectivity index (χ0v) is 14.5. The lowest BCUT2D eigenvalue weighted by molar-refractivity contribution is 0.249. The Morgan fingerprint density at radius 2 is 2.00 bits per heavy atom. The summed E-state index contributed by atoms with van der Waals surface area (Å²) in [4.78, 5) is 12.3. The van der Waals surface area contributed by atoms with E-state index in [1.54, 1.807) is 29.8 Å². The topological polar surface area (TPSA) is 84.7 Å². The average molecular weight is 357 g/mol. The molecule has 2 aromatic carbocycles. The molecule has 1 atom stereocenters. The van der Waals surface area contributed by atoms with Gasteiger partial charge >= 0.3 is 6.03 Å². The number of amides is 2. The van der Waals surface area contributed by atoms with Gasteiger partial charge in [0.15, 0.2) is 5.82 Å². The lowest BCUT2D eigenvalue weighted by Gasteiger charge is -2.16. The van der Waals surface area contributed by atoms with Crippen LogP contribution in [0.1, 0.15) is 24.4 Å². The smallest absolute Gasteiger partial charge is 0.319 e. The quantitative estimate of drug-likeness (QED) is 0.749. The van der Waals surface area contributed by atoms with Gasteiger partial charge in [-0.15, -0.1) is 5.10 Å². The minimum atomic E-state index is -0.321. The minimum Gasteiger partial charge on any atom is -0.331 e. The normalized spacial score (nSPS) is 11.8. The second-order valence-electron chi connectivity index (χ2n) is 5.53. The number of hydrogen-bond donors (Lipinski definition) is 2. The van der Waals surface area contributed by atoms with Gasteiger partial charge in [0.2, 0.25) is 0 Å². The highest BCUT2D eigenvalue weighted by Gasteiger charge is 2.12. The molecule has 3 rings (SSSR count). The largest absolute Gasteiger partial charge is 0.331 e. The van der Waals surface area contributed by atoms with Crippen LogP contribution in [-0.2, 0) is 0 Å². The van der Waals surface area contributed by atoms with Crippen molar-refractivity contribution in [2.45, 2.75) is 19.9 Å². The molecule has 1 unspecified atom stereocenters. The Balaban J connectivity index is 1.69. The van der Waals surface area contributed by atoms with Crippen LogP contribution in [0.25, 0.3) is 5.69 Å². The van der Waals surface area contributed by atoms with Gasteiger partial charge in [-0.2, -0.15) is 4.68 Å². The molecule has 8 heteroatoms. The van der Waals surface area contributed by atoms with Crippen LogP contribution < -0.4 is 10.6 Å². The molecule has 7 nitrogen and oxygen atoms in total. The molecular weight excluding hydrogens is 340 g/mol. The van der Waals surface area contributed by atoms with Gasteiger partial charge < -0.3 is 10.6 Å². The van der Waals surface area contributed by atoms with Gasteiger partial charge in [-0.3, -0.25) is 0 Å². The van der Waals surface area contributed by atoms with Crippen molar-refractivity contribution >= 4 is 23.3 Å². The first-order valence-corrected chi connectivity index (χ1v) is 8.10. The molecule has 2 N–H and O–H groups in total. The van der Waals surface area contributed by atoms with Crippen molar-refractivity contribution < 1.29 is 4.79 Å². The summed E-state index contributed by atoms with van der Waals surface area (Å²) in [7, 11) is 0. The number of nitrogens with one attached hydrogen (secondary N) is 2. The molecule has 0 aliphatic carbocycles. The molecule has 0 bridgehead atoms. The van der Waals surface area contributed by atoms with Gasteiger partial charge in [0.25, 0.3) is 0 Å². The Morgan fingerprint density at radius 1 is 1.20 bits per heavy atom. The van der Waals surface area contributed by atoms with E-state index in [9.17, 15) is 4.79 Å². The molecule has 1 heterocycles. The predicted molar refractivity (Wildman–Crippen MR) is 95.9 cm³/mol. The van der Waals surface area contributed by atoms with Gasteiger partial charge in [-0.1, -0.05) is 35.9 Å². The number of aryl methyl sites for hydroxylation is 1. The lowest BCUT2D eigenvalue weighted by atomic mass is 10.1. The number of aromatic nitrogens is 4. The second-order valence-corrected chi connectivity index (χ2v) is 5.94. The molecule has 3 aromatic rings. The predicted octanol–water partition coefficient (Wildman–Crippen LogP) is 3.51. The SMILES string of the molecule is Cc1nnnn1-c1cccc(NC(=O)NC(C)c2ccccc2Cl)c1. The van der Waals surface area contributed by atoms with E-state index >= 15 is 0 Å². The highest BCUT2D eigenvalue weighted by molar-refractivity contribution is 6.31. The third kappa shape index (κ3) is 3.95. The fraction of sp³-hybridized carbons (Fsp3) is 0.176. The number of carbonyl (C=O) groups is 1. The van der Waals surface area contributed by atoms with E-state index in [-0.39, 0.29) is 12.1 Å². The number of nitrogens with zero attached hydrogens (tertiary/aromatic N) is 4. The summed E-state index contributed by atoms with van der Waals surface area (Å²) in [5.41, 5.74) is 2.26. The second kappa shape index (κ2) is 7.31. The van der Waals surface area contributed by atoms with E-state index < -0.39 is 0 Å². The number of rotatable bonds is 4. The van der Waals surface area contributed by atoms with E-state index in [0.29, 0.717) is 16.5 Å². The number of anilines is 1. The first-order valence-electron chi connectivity index (χ1n) is 7.72. The average Bonchev–Trinajstić information content (AvgIpc) is 3.01. The molecule has 0 saturated carbocycles. The van der Waals surface area contributed by atoms with Crippen LogP contribution in [0.5, 0.6) is 0 Å². The van der Waals surface area contributed by atoms with Crippen LogP contribution in [0.4, 0.5) is 10.5 Å². The van der Waals surface area contributed by atoms with E-state index in [1.807, 2.05) is 37.3 Å². The summed E-state index contributed by atoms with van der Waals surface area (Å²) in [5, 5.41) is 17.7. The maximum atomic E-state index is 12.3. The van der Waals surface area contributed by atoms with Crippen LogP contribution in [-0.4, -0.2) is 26.2 Å². The van der Waals surface area contributed by atoms with Crippen molar-refractivity contribution in [3.8, 4) is 5.69 Å². The molecule has 0 radical (unpaired) electrons. The van der Waals surface area contributed by atoms with Gasteiger partial charge in [0, 0.05) is 10.7 Å². The molecule has 0 spiro atoms. The van der Waals surface area contributed by atoms with Gasteiger partial charge in [0.1, 0.15) is 0 Å². The summed E-state index contributed by atoms with van der Waals surface area (Å²) < 4.78 is 1.59. The summed E-state index contributed by atoms with van der Waals surface area (Å²) >= 11 is 6.16. The highest BCUT2D eigenvalue weighted by Crippen LogP contribution is 2.22. The van der Waals surface area contributed by atoms with Crippen LogP contribution in [0.2, 0.25) is 5.02 Å². The lowest BCUT2D eigenvalue weighted by Crippen LogP contribution is -2.31. The Hall–Kier alpha value is -2.93. The first kappa shape index (κ1) is 16.9. The number of carbonyl (C=O) groups excluding carboxylic acids is 1. The Kier molecular flexibility index (Phi) is 4.95. The fourth-order valence-corrected chi connectivity index (χ4v) is 2.75. The van der Waals surface area contributed by atoms with E-state index in [2.05, 4.69) is 26.2 Å². The van der Waals surface area contributed by atoms with E-state index in [4.69, 9.17) is 11.6 Å². The van der Waals surface area contributed by atoms with Crippen molar-refractivity contribution in [2.75, 3.05) is 5.32 Å². The zero-order valence-electron chi connectivity index (χ0n) is 13.8. The van der Waals surface area contributed by atoms with Crippen LogP contribution in [0.3, 0.4) is 0 Å². The fourth-order valence-electron chi connectivity index (χ4n) is 2.45. The highest BCUT2D eigenvalue weighted by atomic mass is 35.5. The van der Waals surface area contributed by atoms with Crippen LogP contribution in [0, 0.1) is 6.92 Å². The number of urea groups is 1. The Labute approximate surface area is 150 Å². The van der Waals surface area contributed by atoms with Crippen molar-refractivity contribution in [1.29, 1.82) is 0 Å². The van der Waals surface area contributed by atoms with Crippen molar-refractivity contribution in [2.24, 2.45) is 0 Å². The third-order valence-electron chi connectivity index (χ3n) is 3.69. The van der Waals surface area contributed by atoms with Gasteiger partial charge in [-0.05, 0) is 54.1 Å². The summed E-state index contributed by atoms with van der Waals surface area (Å²) in [5.74, 6) is 0.661. The molecule has 25 heavy (non-hydrogen) atoms. The standard InChI is InChI=1S/C17H17ClN6O/c1-11(15-8-3-4-9-16(15)18)19-17(25)20-13-6-5-7-14(10-13)24-12(2)21-22-23-24/h3-11H,1-2H3,(H2,19,20,25). The molecule has 2 amide bonds. The molecule has 0 aliphatic rings. The van der Waals surface area contributed by atoms with Crippen molar-refractivity contribution in [1.82, 2.24) is 25.5 Å². The molecule has 128 valence electrons. The van der Waals surface area contributed by atoms with E-state index in [1.165, 1.54) is 0 Å². The maximum Gasteiger partial charge on any atom is 0.319 e. The van der Waals surface area contributed by atoms with Gasteiger partial charge in [0.05, 0.1) is 11.7 Å². The third-order valence-corrected chi connectivity index (χ3v) is 4.04. The molecular formula is C17H17ClN6O. The van der Waals surface area contributed by atoms with Crippen molar-refractivity contribution in [3.63, 3.8) is 0 Å². The summed E-state index contributed by atoms with van der Waals surface area (Å²) in [6, 6.07) is 14.1. The Bertz CT molecular complexity index is 894. The monoisotopic (exact) mass is 356 g/mol. The number of benzene rings is 2. The summed E-state index contributed by atoms with van der Waals surface area (Å²) in [6.45, 7) is 3.68.